The van der Waals surface area contributed by atoms with E-state index in [1.807, 2.05) is 42.6 Å². The lowest BCUT2D eigenvalue weighted by atomic mass is 9.99. The molecule has 0 aromatic carbocycles. The number of nitrogens with one attached hydrogen (secondary N) is 1. The molecule has 1 saturated heterocycles. The first-order chi connectivity index (χ1) is 12.3. The predicted octanol–water partition coefficient (Wildman–Crippen LogP) is 1.86. The Morgan fingerprint density at radius 3 is 2.85 bits per heavy atom. The van der Waals surface area contributed by atoms with Gasteiger partial charge in [0.25, 0.3) is 5.91 Å². The van der Waals surface area contributed by atoms with Crippen molar-refractivity contribution in [2.75, 3.05) is 25.9 Å². The van der Waals surface area contributed by atoms with Crippen LogP contribution in [0.15, 0.2) is 24.4 Å². The summed E-state index contributed by atoms with van der Waals surface area (Å²) < 4.78 is 27.3. The molecule has 1 aliphatic heterocycles. The summed E-state index contributed by atoms with van der Waals surface area (Å²) in [4.78, 5) is 17.2. The first kappa shape index (κ1) is 18.8. The Morgan fingerprint density at radius 2 is 2.15 bits per heavy atom. The van der Waals surface area contributed by atoms with Gasteiger partial charge in [-0.2, -0.15) is 0 Å². The molecule has 0 spiro atoms. The Hall–Kier alpha value is -1.93. The standard InChI is InChI=1S/C18H26N4O3S/c1-13(2)11-19-18(23)16-15-8-4-5-10-22(15)17(20-16)14-7-6-9-21(12-14)26(3,24)25/h4-5,8,10,13-14H,6-7,9,11-12H2,1-3H3,(H,19,23). The SMILES string of the molecule is CC(C)CNC(=O)c1nc(C2CCCN(S(C)(=O)=O)C2)n2ccccc12. The molecule has 0 bridgehead atoms. The summed E-state index contributed by atoms with van der Waals surface area (Å²) in [6.07, 6.45) is 4.77. The monoisotopic (exact) mass is 378 g/mol. The third-order valence-electron chi connectivity index (χ3n) is 4.68. The number of carbonyl (C=O) groups excluding carboxylic acids is 1. The van der Waals surface area contributed by atoms with E-state index in [9.17, 15) is 13.2 Å². The van der Waals surface area contributed by atoms with Crippen LogP contribution in [0.4, 0.5) is 0 Å². The van der Waals surface area contributed by atoms with Crippen molar-refractivity contribution in [3.05, 3.63) is 35.9 Å². The highest BCUT2D eigenvalue weighted by Gasteiger charge is 2.30. The van der Waals surface area contributed by atoms with E-state index >= 15 is 0 Å². The summed E-state index contributed by atoms with van der Waals surface area (Å²) in [7, 11) is -3.23. The molecule has 1 amide bonds. The third kappa shape index (κ3) is 3.91. The molecular weight excluding hydrogens is 352 g/mol. The zero-order chi connectivity index (χ0) is 18.9. The molecule has 26 heavy (non-hydrogen) atoms. The molecule has 3 heterocycles. The van der Waals surface area contributed by atoms with Crippen LogP contribution in [0.25, 0.3) is 5.52 Å². The van der Waals surface area contributed by atoms with Gasteiger partial charge in [-0.05, 0) is 30.9 Å². The van der Waals surface area contributed by atoms with Crippen molar-refractivity contribution < 1.29 is 13.2 Å². The minimum atomic E-state index is -3.23. The normalized spacial score (nSPS) is 19.2. The number of aromatic nitrogens is 2. The average Bonchev–Trinajstić information content (AvgIpc) is 2.99. The minimum absolute atomic E-state index is 0.0278. The zero-order valence-electron chi connectivity index (χ0n) is 15.5. The van der Waals surface area contributed by atoms with E-state index in [0.717, 1.165) is 24.2 Å². The van der Waals surface area contributed by atoms with Crippen molar-refractivity contribution in [3.63, 3.8) is 0 Å². The highest BCUT2D eigenvalue weighted by Crippen LogP contribution is 2.29. The molecule has 7 nitrogen and oxygen atoms in total. The van der Waals surface area contributed by atoms with Gasteiger partial charge in [0.2, 0.25) is 10.0 Å². The van der Waals surface area contributed by atoms with E-state index in [1.165, 1.54) is 10.6 Å². The van der Waals surface area contributed by atoms with Gasteiger partial charge < -0.3 is 9.72 Å². The quantitative estimate of drug-likeness (QED) is 0.861. The summed E-state index contributed by atoms with van der Waals surface area (Å²) in [6.45, 7) is 5.61. The first-order valence-electron chi connectivity index (χ1n) is 8.97. The van der Waals surface area contributed by atoms with Gasteiger partial charge in [-0.3, -0.25) is 4.79 Å². The van der Waals surface area contributed by atoms with Crippen molar-refractivity contribution in [1.82, 2.24) is 19.0 Å². The van der Waals surface area contributed by atoms with Crippen molar-refractivity contribution in [3.8, 4) is 0 Å². The number of amides is 1. The van der Waals surface area contributed by atoms with Gasteiger partial charge in [-0.1, -0.05) is 19.9 Å². The van der Waals surface area contributed by atoms with Gasteiger partial charge in [0.1, 0.15) is 5.82 Å². The maximum Gasteiger partial charge on any atom is 0.272 e. The number of imidazole rings is 1. The Kier molecular flexibility index (Phi) is 5.34. The van der Waals surface area contributed by atoms with Crippen LogP contribution in [0.3, 0.4) is 0 Å². The molecule has 0 radical (unpaired) electrons. The zero-order valence-corrected chi connectivity index (χ0v) is 16.3. The summed E-state index contributed by atoms with van der Waals surface area (Å²) in [6, 6.07) is 5.65. The topological polar surface area (TPSA) is 83.8 Å². The van der Waals surface area contributed by atoms with Crippen molar-refractivity contribution in [2.45, 2.75) is 32.6 Å². The molecular formula is C18H26N4O3S. The molecule has 3 rings (SSSR count). The average molecular weight is 378 g/mol. The predicted molar refractivity (Wildman–Crippen MR) is 101 cm³/mol. The van der Waals surface area contributed by atoms with Gasteiger partial charge in [0.05, 0.1) is 11.8 Å². The second-order valence-electron chi connectivity index (χ2n) is 7.34. The molecule has 142 valence electrons. The molecule has 2 aromatic rings. The Bertz CT molecular complexity index is 904. The summed E-state index contributed by atoms with van der Waals surface area (Å²) in [5.41, 5.74) is 1.15. The number of hydrogen-bond acceptors (Lipinski definition) is 4. The fourth-order valence-electron chi connectivity index (χ4n) is 3.35. The summed E-state index contributed by atoms with van der Waals surface area (Å²) >= 11 is 0. The second-order valence-corrected chi connectivity index (χ2v) is 9.32. The summed E-state index contributed by atoms with van der Waals surface area (Å²) in [5, 5.41) is 2.92. The third-order valence-corrected chi connectivity index (χ3v) is 5.95. The van der Waals surface area contributed by atoms with E-state index in [1.54, 1.807) is 0 Å². The van der Waals surface area contributed by atoms with Crippen LogP contribution in [-0.2, 0) is 10.0 Å². The van der Waals surface area contributed by atoms with Crippen LogP contribution in [0.1, 0.15) is 48.9 Å². The lowest BCUT2D eigenvalue weighted by Gasteiger charge is -2.30. The van der Waals surface area contributed by atoms with Crippen LogP contribution in [0.5, 0.6) is 0 Å². The van der Waals surface area contributed by atoms with Crippen molar-refractivity contribution >= 4 is 21.4 Å². The van der Waals surface area contributed by atoms with E-state index < -0.39 is 10.0 Å². The first-order valence-corrected chi connectivity index (χ1v) is 10.8. The molecule has 1 fully saturated rings. The van der Waals surface area contributed by atoms with Gasteiger partial charge >= 0.3 is 0 Å². The number of rotatable bonds is 5. The van der Waals surface area contributed by atoms with Crippen LogP contribution < -0.4 is 5.32 Å². The van der Waals surface area contributed by atoms with Crippen LogP contribution >= 0.6 is 0 Å². The largest absolute Gasteiger partial charge is 0.350 e. The highest BCUT2D eigenvalue weighted by molar-refractivity contribution is 7.88. The lowest BCUT2D eigenvalue weighted by molar-refractivity contribution is 0.0946. The molecule has 1 atom stereocenters. The molecule has 8 heteroatoms. The van der Waals surface area contributed by atoms with E-state index in [-0.39, 0.29) is 11.8 Å². The Morgan fingerprint density at radius 1 is 1.38 bits per heavy atom. The number of fused-ring (bicyclic) bond motifs is 1. The number of pyridine rings is 1. The number of hydrogen-bond donors (Lipinski definition) is 1. The number of sulfonamides is 1. The van der Waals surface area contributed by atoms with E-state index in [0.29, 0.717) is 31.2 Å². The fourth-order valence-corrected chi connectivity index (χ4v) is 4.26. The molecule has 0 aliphatic carbocycles. The maximum atomic E-state index is 12.6. The minimum Gasteiger partial charge on any atom is -0.350 e. The smallest absolute Gasteiger partial charge is 0.272 e. The van der Waals surface area contributed by atoms with Crippen LogP contribution in [-0.4, -0.2) is 53.9 Å². The molecule has 0 saturated carbocycles. The molecule has 1 aliphatic rings. The van der Waals surface area contributed by atoms with Gasteiger partial charge in [0.15, 0.2) is 5.69 Å². The van der Waals surface area contributed by atoms with Crippen LogP contribution in [0.2, 0.25) is 0 Å². The van der Waals surface area contributed by atoms with Crippen molar-refractivity contribution in [1.29, 1.82) is 0 Å². The van der Waals surface area contributed by atoms with E-state index in [4.69, 9.17) is 0 Å². The highest BCUT2D eigenvalue weighted by atomic mass is 32.2. The van der Waals surface area contributed by atoms with Gasteiger partial charge in [-0.25, -0.2) is 17.7 Å². The number of piperidine rings is 1. The molecule has 1 N–H and O–H groups in total. The number of nitrogens with zero attached hydrogens (tertiary/aromatic N) is 3. The lowest BCUT2D eigenvalue weighted by Crippen LogP contribution is -2.38. The van der Waals surface area contributed by atoms with E-state index in [2.05, 4.69) is 10.3 Å². The second kappa shape index (κ2) is 7.36. The van der Waals surface area contributed by atoms with Gasteiger partial charge in [-0.15, -0.1) is 0 Å². The van der Waals surface area contributed by atoms with Crippen LogP contribution in [0, 0.1) is 5.92 Å². The van der Waals surface area contributed by atoms with Gasteiger partial charge in [0, 0.05) is 31.7 Å². The molecule has 2 aromatic heterocycles. The number of carbonyl (C=O) groups is 1. The van der Waals surface area contributed by atoms with Crippen molar-refractivity contribution in [2.24, 2.45) is 5.92 Å². The molecule has 1 unspecified atom stereocenters. The maximum absolute atomic E-state index is 12.6. The summed E-state index contributed by atoms with van der Waals surface area (Å²) in [5.74, 6) is 0.891. The Labute approximate surface area is 154 Å². The Balaban J connectivity index is 1.95. The fraction of sp³-hybridized carbons (Fsp3) is 0.556.